The van der Waals surface area contributed by atoms with Gasteiger partial charge in [-0.25, -0.2) is 4.39 Å². The Kier molecular flexibility index (Phi) is 5.43. The molecule has 0 radical (unpaired) electrons. The summed E-state index contributed by atoms with van der Waals surface area (Å²) in [6.45, 7) is 4.05. The van der Waals surface area contributed by atoms with Gasteiger partial charge in [0.25, 0.3) is 0 Å². The van der Waals surface area contributed by atoms with Gasteiger partial charge in [0.05, 0.1) is 5.92 Å². The van der Waals surface area contributed by atoms with Gasteiger partial charge in [-0.3, -0.25) is 4.79 Å². The number of carboxylic acid groups (broad SMARTS) is 1. The van der Waals surface area contributed by atoms with E-state index in [1.807, 2.05) is 0 Å². The molecule has 2 heterocycles. The van der Waals surface area contributed by atoms with Gasteiger partial charge in [-0.15, -0.1) is 0 Å². The summed E-state index contributed by atoms with van der Waals surface area (Å²) < 4.78 is 18.9. The molecule has 1 aromatic carbocycles. The first-order valence-corrected chi connectivity index (χ1v) is 8.57. The molecule has 1 unspecified atom stereocenters. The lowest BCUT2D eigenvalue weighted by Gasteiger charge is -2.30. The molecule has 1 saturated heterocycles. The van der Waals surface area contributed by atoms with Gasteiger partial charge in [0.1, 0.15) is 5.82 Å². The fourth-order valence-electron chi connectivity index (χ4n) is 3.12. The van der Waals surface area contributed by atoms with E-state index < -0.39 is 5.97 Å². The van der Waals surface area contributed by atoms with Crippen LogP contribution >= 0.6 is 0 Å². The fraction of sp³-hybridized carbons (Fsp3) is 0.500. The normalized spacial score (nSPS) is 18.4. The van der Waals surface area contributed by atoms with Gasteiger partial charge in [0.15, 0.2) is 0 Å². The van der Waals surface area contributed by atoms with Gasteiger partial charge >= 0.3 is 5.97 Å². The highest BCUT2D eigenvalue weighted by molar-refractivity contribution is 5.70. The number of likely N-dealkylation sites (tertiary alicyclic amines) is 1. The van der Waals surface area contributed by atoms with E-state index in [0.717, 1.165) is 32.4 Å². The number of rotatable bonds is 6. The van der Waals surface area contributed by atoms with Crippen LogP contribution in [0.25, 0.3) is 11.4 Å². The highest BCUT2D eigenvalue weighted by atomic mass is 19.1. The van der Waals surface area contributed by atoms with E-state index in [1.54, 1.807) is 19.1 Å². The number of aromatic nitrogens is 2. The minimum atomic E-state index is -0.712. The van der Waals surface area contributed by atoms with Crippen molar-refractivity contribution in [1.82, 2.24) is 15.0 Å². The quantitative estimate of drug-likeness (QED) is 0.865. The molecular weight excluding hydrogens is 325 g/mol. The van der Waals surface area contributed by atoms with Crippen molar-refractivity contribution in [2.75, 3.05) is 19.6 Å². The number of hydrogen-bond donors (Lipinski definition) is 1. The number of aryl methyl sites for hydroxylation is 2. The maximum absolute atomic E-state index is 13.6. The van der Waals surface area contributed by atoms with Crippen molar-refractivity contribution in [2.24, 2.45) is 5.92 Å². The lowest BCUT2D eigenvalue weighted by Crippen LogP contribution is -2.39. The van der Waals surface area contributed by atoms with Crippen LogP contribution in [0.15, 0.2) is 22.7 Å². The monoisotopic (exact) mass is 347 g/mol. The van der Waals surface area contributed by atoms with Crippen LogP contribution in [-0.2, 0) is 11.2 Å². The first kappa shape index (κ1) is 17.5. The van der Waals surface area contributed by atoms with Gasteiger partial charge in [0.2, 0.25) is 11.7 Å². The molecule has 6 nitrogen and oxygen atoms in total. The Hall–Kier alpha value is -2.28. The van der Waals surface area contributed by atoms with E-state index in [4.69, 9.17) is 9.63 Å². The predicted octanol–water partition coefficient (Wildman–Crippen LogP) is 2.91. The molecule has 1 fully saturated rings. The van der Waals surface area contributed by atoms with Crippen LogP contribution in [0, 0.1) is 18.7 Å². The number of aliphatic carboxylic acids is 1. The average Bonchev–Trinajstić information content (AvgIpc) is 3.06. The Morgan fingerprint density at radius 2 is 2.32 bits per heavy atom. The van der Waals surface area contributed by atoms with Crippen LogP contribution in [0.3, 0.4) is 0 Å². The lowest BCUT2D eigenvalue weighted by atomic mass is 9.98. The molecular formula is C18H22FN3O3. The summed E-state index contributed by atoms with van der Waals surface area (Å²) in [7, 11) is 0. The van der Waals surface area contributed by atoms with E-state index in [1.165, 1.54) is 6.07 Å². The second kappa shape index (κ2) is 7.74. The van der Waals surface area contributed by atoms with Crippen molar-refractivity contribution in [3.63, 3.8) is 0 Å². The first-order valence-electron chi connectivity index (χ1n) is 8.57. The molecule has 3 rings (SSSR count). The molecule has 1 aliphatic rings. The SMILES string of the molecule is Cc1ccc(-c2noc(CCCN3CCCC(C(=O)O)C3)n2)cc1F. The number of carboxylic acids is 1. The third kappa shape index (κ3) is 4.42. The van der Waals surface area contributed by atoms with Crippen LogP contribution in [0.2, 0.25) is 0 Å². The van der Waals surface area contributed by atoms with Gasteiger partial charge < -0.3 is 14.5 Å². The second-order valence-corrected chi connectivity index (χ2v) is 6.56. The molecule has 0 saturated carbocycles. The van der Waals surface area contributed by atoms with Crippen molar-refractivity contribution in [3.8, 4) is 11.4 Å². The summed E-state index contributed by atoms with van der Waals surface area (Å²) in [6, 6.07) is 4.87. The molecule has 0 bridgehead atoms. The molecule has 25 heavy (non-hydrogen) atoms. The third-order valence-electron chi connectivity index (χ3n) is 4.62. The number of piperidine rings is 1. The summed E-state index contributed by atoms with van der Waals surface area (Å²) in [5, 5.41) is 13.0. The van der Waals surface area contributed by atoms with Gasteiger partial charge in [-0.05, 0) is 50.9 Å². The van der Waals surface area contributed by atoms with Gasteiger partial charge in [-0.1, -0.05) is 17.3 Å². The van der Waals surface area contributed by atoms with Crippen molar-refractivity contribution >= 4 is 5.97 Å². The number of carbonyl (C=O) groups is 1. The van der Waals surface area contributed by atoms with Crippen LogP contribution in [0.1, 0.15) is 30.7 Å². The molecule has 1 aliphatic heterocycles. The zero-order valence-electron chi connectivity index (χ0n) is 14.2. The molecule has 1 aromatic heterocycles. The Bertz CT molecular complexity index is 747. The lowest BCUT2D eigenvalue weighted by molar-refractivity contribution is -0.143. The topological polar surface area (TPSA) is 79.5 Å². The Morgan fingerprint density at radius 1 is 1.48 bits per heavy atom. The maximum atomic E-state index is 13.6. The largest absolute Gasteiger partial charge is 0.481 e. The number of halogens is 1. The Balaban J connectivity index is 1.52. The van der Waals surface area contributed by atoms with Crippen LogP contribution in [0.5, 0.6) is 0 Å². The third-order valence-corrected chi connectivity index (χ3v) is 4.62. The minimum absolute atomic E-state index is 0.264. The summed E-state index contributed by atoms with van der Waals surface area (Å²) in [5.74, 6) is -0.362. The summed E-state index contributed by atoms with van der Waals surface area (Å²) in [6.07, 6.45) is 3.11. The minimum Gasteiger partial charge on any atom is -0.481 e. The van der Waals surface area contributed by atoms with E-state index in [2.05, 4.69) is 15.0 Å². The molecule has 7 heteroatoms. The number of hydrogen-bond acceptors (Lipinski definition) is 5. The molecule has 0 aliphatic carbocycles. The van der Waals surface area contributed by atoms with Crippen LogP contribution < -0.4 is 0 Å². The van der Waals surface area contributed by atoms with Crippen molar-refractivity contribution in [3.05, 3.63) is 35.5 Å². The first-order chi connectivity index (χ1) is 12.0. The number of benzene rings is 1. The Morgan fingerprint density at radius 3 is 3.08 bits per heavy atom. The van der Waals surface area contributed by atoms with E-state index in [0.29, 0.717) is 35.8 Å². The van der Waals surface area contributed by atoms with Gasteiger partial charge in [-0.2, -0.15) is 4.98 Å². The maximum Gasteiger partial charge on any atom is 0.307 e. The highest BCUT2D eigenvalue weighted by Crippen LogP contribution is 2.20. The molecule has 1 N–H and O–H groups in total. The molecule has 0 spiro atoms. The average molecular weight is 347 g/mol. The molecule has 1 atom stereocenters. The van der Waals surface area contributed by atoms with E-state index in [-0.39, 0.29) is 11.7 Å². The Labute approximate surface area is 145 Å². The van der Waals surface area contributed by atoms with E-state index in [9.17, 15) is 9.18 Å². The predicted molar refractivity (Wildman–Crippen MR) is 89.5 cm³/mol. The standard InChI is InChI=1S/C18H22FN3O3/c1-12-6-7-13(10-15(12)19)17-20-16(25-21-17)5-3-9-22-8-2-4-14(11-22)18(23)24/h6-7,10,14H,2-5,8-9,11H2,1H3,(H,23,24). The molecule has 134 valence electrons. The molecule has 0 amide bonds. The summed E-state index contributed by atoms with van der Waals surface area (Å²) in [5.41, 5.74) is 1.17. The smallest absolute Gasteiger partial charge is 0.307 e. The van der Waals surface area contributed by atoms with Crippen LogP contribution in [0.4, 0.5) is 4.39 Å². The number of nitrogens with zero attached hydrogens (tertiary/aromatic N) is 3. The van der Waals surface area contributed by atoms with E-state index >= 15 is 0 Å². The van der Waals surface area contributed by atoms with Crippen molar-refractivity contribution in [1.29, 1.82) is 0 Å². The highest BCUT2D eigenvalue weighted by Gasteiger charge is 2.24. The van der Waals surface area contributed by atoms with Crippen molar-refractivity contribution in [2.45, 2.75) is 32.6 Å². The molecule has 2 aromatic rings. The zero-order valence-corrected chi connectivity index (χ0v) is 14.2. The summed E-state index contributed by atoms with van der Waals surface area (Å²) >= 11 is 0. The fourth-order valence-corrected chi connectivity index (χ4v) is 3.12. The van der Waals surface area contributed by atoms with Crippen LogP contribution in [-0.4, -0.2) is 45.8 Å². The van der Waals surface area contributed by atoms with Gasteiger partial charge in [0, 0.05) is 18.5 Å². The second-order valence-electron chi connectivity index (χ2n) is 6.56. The summed E-state index contributed by atoms with van der Waals surface area (Å²) in [4.78, 5) is 17.6. The van der Waals surface area contributed by atoms with Crippen molar-refractivity contribution < 1.29 is 18.8 Å². The zero-order chi connectivity index (χ0) is 17.8.